The van der Waals surface area contributed by atoms with Crippen LogP contribution in [0.4, 0.5) is 0 Å². The summed E-state index contributed by atoms with van der Waals surface area (Å²) in [6.45, 7) is 5.90. The average molecular weight is 260 g/mol. The maximum atomic E-state index is 5.27. The van der Waals surface area contributed by atoms with Crippen molar-refractivity contribution >= 4 is 11.2 Å². The van der Waals surface area contributed by atoms with Crippen LogP contribution in [0.15, 0.2) is 12.4 Å². The summed E-state index contributed by atoms with van der Waals surface area (Å²) in [5, 5.41) is 4.81. The molecule has 102 valence electrons. The Morgan fingerprint density at radius 3 is 2.74 bits per heavy atom. The Morgan fingerprint density at radius 1 is 1.32 bits per heavy atom. The van der Waals surface area contributed by atoms with Crippen molar-refractivity contribution in [3.05, 3.63) is 18.1 Å². The molecule has 3 heterocycles. The first kappa shape index (κ1) is 12.5. The third kappa shape index (κ3) is 2.12. The highest BCUT2D eigenvalue weighted by Gasteiger charge is 2.27. The summed E-state index contributed by atoms with van der Waals surface area (Å²) >= 11 is 0. The smallest absolute Gasteiger partial charge is 0.177 e. The summed E-state index contributed by atoms with van der Waals surface area (Å²) in [4.78, 5) is 8.97. The van der Waals surface area contributed by atoms with Crippen LogP contribution in [0.25, 0.3) is 11.2 Å². The third-order valence-electron chi connectivity index (χ3n) is 3.84. The molecule has 5 nitrogen and oxygen atoms in total. The molecule has 1 aliphatic rings. The molecule has 0 aliphatic carbocycles. The topological polar surface area (TPSA) is 52.8 Å². The van der Waals surface area contributed by atoms with Crippen LogP contribution < -0.4 is 0 Å². The lowest BCUT2D eigenvalue weighted by Gasteiger charge is -2.26. The largest absolute Gasteiger partial charge is 0.377 e. The van der Waals surface area contributed by atoms with Crippen molar-refractivity contribution < 1.29 is 4.74 Å². The van der Waals surface area contributed by atoms with E-state index in [1.54, 1.807) is 12.4 Å². The zero-order valence-electron chi connectivity index (χ0n) is 11.5. The second-order valence-corrected chi connectivity index (χ2v) is 5.14. The Balaban J connectivity index is 2.08. The van der Waals surface area contributed by atoms with Gasteiger partial charge >= 0.3 is 0 Å². The molecule has 0 aromatic carbocycles. The molecule has 1 saturated heterocycles. The van der Waals surface area contributed by atoms with Gasteiger partial charge < -0.3 is 4.74 Å². The van der Waals surface area contributed by atoms with E-state index in [9.17, 15) is 0 Å². The summed E-state index contributed by atoms with van der Waals surface area (Å²) in [5.74, 6) is 0.478. The minimum absolute atomic E-state index is 0.326. The van der Waals surface area contributed by atoms with Crippen molar-refractivity contribution in [3.8, 4) is 0 Å². The predicted octanol–water partition coefficient (Wildman–Crippen LogP) is 2.69. The van der Waals surface area contributed by atoms with E-state index >= 15 is 0 Å². The van der Waals surface area contributed by atoms with Gasteiger partial charge in [-0.3, -0.25) is 0 Å². The first-order chi connectivity index (χ1) is 9.35. The fraction of sp³-hybridized carbons (Fsp3) is 0.643. The summed E-state index contributed by atoms with van der Waals surface area (Å²) in [7, 11) is 0. The molecule has 1 aliphatic heterocycles. The lowest BCUT2D eigenvalue weighted by molar-refractivity contribution is -0.0271. The van der Waals surface area contributed by atoms with Crippen LogP contribution in [-0.4, -0.2) is 33.0 Å². The molecule has 5 heteroatoms. The van der Waals surface area contributed by atoms with Crippen LogP contribution in [0.3, 0.4) is 0 Å². The van der Waals surface area contributed by atoms with Crippen LogP contribution in [0, 0.1) is 0 Å². The standard InChI is InChI=1S/C14H20N4O/c1-3-5-10(4-2)12-13-14(16-7-6-15-13)18(17-12)11-8-19-9-11/h6-7,10-11H,3-5,8-9H2,1-2H3. The van der Waals surface area contributed by atoms with Gasteiger partial charge in [0.1, 0.15) is 11.6 Å². The lowest BCUT2D eigenvalue weighted by atomic mass is 9.96. The molecule has 1 fully saturated rings. The Labute approximate surface area is 113 Å². The van der Waals surface area contributed by atoms with Gasteiger partial charge in [0.25, 0.3) is 0 Å². The second kappa shape index (κ2) is 5.25. The van der Waals surface area contributed by atoms with Gasteiger partial charge in [-0.05, 0) is 12.8 Å². The van der Waals surface area contributed by atoms with Gasteiger partial charge in [0, 0.05) is 18.3 Å². The highest BCUT2D eigenvalue weighted by Crippen LogP contribution is 2.31. The second-order valence-electron chi connectivity index (χ2n) is 5.14. The monoisotopic (exact) mass is 260 g/mol. The van der Waals surface area contributed by atoms with Gasteiger partial charge in [0.2, 0.25) is 0 Å². The summed E-state index contributed by atoms with van der Waals surface area (Å²) < 4.78 is 7.29. The van der Waals surface area contributed by atoms with Crippen molar-refractivity contribution in [1.82, 2.24) is 19.7 Å². The average Bonchev–Trinajstić information content (AvgIpc) is 2.74. The lowest BCUT2D eigenvalue weighted by Crippen LogP contribution is -2.31. The summed E-state index contributed by atoms with van der Waals surface area (Å²) in [6, 6.07) is 0.326. The molecule has 1 unspecified atom stereocenters. The van der Waals surface area contributed by atoms with E-state index in [2.05, 4.69) is 23.8 Å². The fourth-order valence-electron chi connectivity index (χ4n) is 2.67. The number of ether oxygens (including phenoxy) is 1. The quantitative estimate of drug-likeness (QED) is 0.829. The first-order valence-corrected chi connectivity index (χ1v) is 7.12. The zero-order valence-corrected chi connectivity index (χ0v) is 11.5. The van der Waals surface area contributed by atoms with Gasteiger partial charge in [0.05, 0.1) is 18.9 Å². The van der Waals surface area contributed by atoms with Crippen molar-refractivity contribution in [2.45, 2.75) is 45.1 Å². The van der Waals surface area contributed by atoms with E-state index in [0.717, 1.165) is 42.9 Å². The molecule has 0 bridgehead atoms. The van der Waals surface area contributed by atoms with Gasteiger partial charge in [-0.25, -0.2) is 14.6 Å². The number of nitrogens with zero attached hydrogens (tertiary/aromatic N) is 4. The van der Waals surface area contributed by atoms with Crippen molar-refractivity contribution in [1.29, 1.82) is 0 Å². The molecule has 0 spiro atoms. The maximum Gasteiger partial charge on any atom is 0.177 e. The van der Waals surface area contributed by atoms with Crippen LogP contribution in [0.2, 0.25) is 0 Å². The van der Waals surface area contributed by atoms with E-state index in [1.165, 1.54) is 6.42 Å². The molecule has 0 saturated carbocycles. The van der Waals surface area contributed by atoms with Crippen LogP contribution in [-0.2, 0) is 4.74 Å². The third-order valence-corrected chi connectivity index (χ3v) is 3.84. The van der Waals surface area contributed by atoms with Crippen LogP contribution in [0.1, 0.15) is 50.8 Å². The predicted molar refractivity (Wildman–Crippen MR) is 73.1 cm³/mol. The fourth-order valence-corrected chi connectivity index (χ4v) is 2.67. The normalized spacial score (nSPS) is 17.6. The molecule has 0 amide bonds. The molecule has 2 aromatic heterocycles. The van der Waals surface area contributed by atoms with Crippen LogP contribution >= 0.6 is 0 Å². The molecular formula is C14H20N4O. The summed E-state index contributed by atoms with van der Waals surface area (Å²) in [6.07, 6.45) is 6.91. The minimum atomic E-state index is 0.326. The van der Waals surface area contributed by atoms with E-state index in [4.69, 9.17) is 9.84 Å². The van der Waals surface area contributed by atoms with Crippen molar-refractivity contribution in [2.75, 3.05) is 13.2 Å². The van der Waals surface area contributed by atoms with Gasteiger partial charge in [-0.1, -0.05) is 20.3 Å². The molecular weight excluding hydrogens is 240 g/mol. The molecule has 0 N–H and O–H groups in total. The van der Waals surface area contributed by atoms with E-state index in [0.29, 0.717) is 12.0 Å². The molecule has 3 rings (SSSR count). The zero-order chi connectivity index (χ0) is 13.2. The molecule has 1 atom stereocenters. The highest BCUT2D eigenvalue weighted by molar-refractivity contribution is 5.74. The molecule has 19 heavy (non-hydrogen) atoms. The number of hydrogen-bond acceptors (Lipinski definition) is 4. The highest BCUT2D eigenvalue weighted by atomic mass is 16.5. The van der Waals surface area contributed by atoms with E-state index in [1.807, 2.05) is 4.68 Å². The molecule has 0 radical (unpaired) electrons. The number of rotatable bonds is 5. The maximum absolute atomic E-state index is 5.27. The number of fused-ring (bicyclic) bond motifs is 1. The van der Waals surface area contributed by atoms with Gasteiger partial charge in [0.15, 0.2) is 5.65 Å². The first-order valence-electron chi connectivity index (χ1n) is 7.12. The van der Waals surface area contributed by atoms with Gasteiger partial charge in [-0.2, -0.15) is 5.10 Å². The Kier molecular flexibility index (Phi) is 3.46. The van der Waals surface area contributed by atoms with Crippen molar-refractivity contribution in [2.24, 2.45) is 0 Å². The minimum Gasteiger partial charge on any atom is -0.377 e. The SMILES string of the molecule is CCCC(CC)c1nn(C2COC2)c2nccnc12. The van der Waals surface area contributed by atoms with Crippen LogP contribution in [0.5, 0.6) is 0 Å². The van der Waals surface area contributed by atoms with Gasteiger partial charge in [-0.15, -0.1) is 0 Å². The van der Waals surface area contributed by atoms with Crippen molar-refractivity contribution in [3.63, 3.8) is 0 Å². The summed E-state index contributed by atoms with van der Waals surface area (Å²) in [5.41, 5.74) is 2.98. The Bertz CT molecular complexity index is 562. The Morgan fingerprint density at radius 2 is 2.11 bits per heavy atom. The van der Waals surface area contributed by atoms with E-state index < -0.39 is 0 Å². The Hall–Kier alpha value is -1.49. The van der Waals surface area contributed by atoms with E-state index in [-0.39, 0.29) is 0 Å². The number of hydrogen-bond donors (Lipinski definition) is 0. The number of aromatic nitrogens is 4. The molecule has 2 aromatic rings.